The lowest BCUT2D eigenvalue weighted by molar-refractivity contribution is -0.344. The lowest BCUT2D eigenvalue weighted by Gasteiger charge is -2.50. The van der Waals surface area contributed by atoms with Gasteiger partial charge >= 0.3 is 17.9 Å². The predicted molar refractivity (Wildman–Crippen MR) is 254 cm³/mol. The van der Waals surface area contributed by atoms with Crippen molar-refractivity contribution in [2.45, 2.75) is 224 Å². The first-order chi connectivity index (χ1) is 32.5. The molecule has 0 radical (unpaired) electrons. The summed E-state index contributed by atoms with van der Waals surface area (Å²) in [5.74, 6) is -2.53. The van der Waals surface area contributed by atoms with Crippen LogP contribution in [0.15, 0.2) is 24.3 Å². The van der Waals surface area contributed by atoms with Crippen LogP contribution < -0.4 is 0 Å². The Morgan fingerprint density at radius 2 is 1.58 bits per heavy atom. The van der Waals surface area contributed by atoms with Crippen LogP contribution in [0.25, 0.3) is 0 Å². The third kappa shape index (κ3) is 16.8. The van der Waals surface area contributed by atoms with Crippen molar-refractivity contribution < 1.29 is 76.8 Å². The van der Waals surface area contributed by atoms with Crippen molar-refractivity contribution in [3.05, 3.63) is 24.3 Å². The van der Waals surface area contributed by atoms with Gasteiger partial charge in [-0.3, -0.25) is 14.4 Å². The van der Waals surface area contributed by atoms with E-state index in [4.69, 9.17) is 47.4 Å². The smallest absolute Gasteiger partial charge is 0.309 e. The maximum absolute atomic E-state index is 13.6. The van der Waals surface area contributed by atoms with Crippen LogP contribution in [0, 0.1) is 17.8 Å². The first kappa shape index (κ1) is 58.7. The molecule has 396 valence electrons. The van der Waals surface area contributed by atoms with E-state index in [9.17, 15) is 29.4 Å². The molecule has 3 fully saturated rings. The summed E-state index contributed by atoms with van der Waals surface area (Å²) in [4.78, 5) is 56.1. The number of hydrogen-bond acceptors (Lipinski definition) is 18. The summed E-state index contributed by atoms with van der Waals surface area (Å²) in [6.45, 7) is 16.3. The molecule has 4 aliphatic heterocycles. The minimum absolute atomic E-state index is 0.00271. The lowest BCUT2D eigenvalue weighted by atomic mass is 9.82. The number of ether oxygens (including phenoxy) is 10. The van der Waals surface area contributed by atoms with Crippen LogP contribution in [0.5, 0.6) is 0 Å². The van der Waals surface area contributed by atoms with Crippen molar-refractivity contribution in [1.29, 1.82) is 0 Å². The lowest BCUT2D eigenvalue weighted by Crippen LogP contribution is -2.66. The number of rotatable bonds is 16. The zero-order valence-electron chi connectivity index (χ0n) is 43.7. The second-order valence-corrected chi connectivity index (χ2v) is 20.7. The van der Waals surface area contributed by atoms with Crippen molar-refractivity contribution in [3.63, 3.8) is 0 Å². The topological polar surface area (TPSA) is 208 Å². The second-order valence-electron chi connectivity index (χ2n) is 20.7. The molecule has 69 heavy (non-hydrogen) atoms. The molecule has 4 aliphatic rings. The van der Waals surface area contributed by atoms with Crippen LogP contribution in [0.4, 0.5) is 0 Å². The Kier molecular flexibility index (Phi) is 23.2. The highest BCUT2D eigenvalue weighted by Crippen LogP contribution is 2.38. The van der Waals surface area contributed by atoms with Gasteiger partial charge in [0.2, 0.25) is 0 Å². The van der Waals surface area contributed by atoms with Gasteiger partial charge in [-0.25, -0.2) is 0 Å². The van der Waals surface area contributed by atoms with Crippen LogP contribution in [0.3, 0.4) is 0 Å². The number of aliphatic hydroxyl groups is 2. The van der Waals surface area contributed by atoms with Gasteiger partial charge in [0.1, 0.15) is 42.4 Å². The fourth-order valence-electron chi connectivity index (χ4n) is 10.2. The second kappa shape index (κ2) is 27.3. The zero-order chi connectivity index (χ0) is 51.3. The molecule has 0 spiro atoms. The van der Waals surface area contributed by atoms with E-state index in [1.807, 2.05) is 66.1 Å². The minimum atomic E-state index is -1.51. The molecular formula is C51H86N2O16. The fraction of sp³-hybridized carbons (Fsp3) is 0.843. The summed E-state index contributed by atoms with van der Waals surface area (Å²) in [7, 11) is 9.03. The molecule has 4 heterocycles. The standard InChI is InChI=1S/C51H86N2O16/c1-15-39(55)65-38-27-41(57)61-31(5)19-17-16-18-20-37(66-42-22-21-36(52(10)11)32(6)62-42)30(4)26-35(23-24-54)47(48(38)60-14)69-50-45(58)44(53(12)13)46(33(7)64-50)68-43-28-51(9,59)49(34(8)63-43)67-40(56)25-29(2)3/h16-18,20,24,29-38,42-50,58-59H,15,19,21-23,25-28H2,1-14H3. The van der Waals surface area contributed by atoms with Crippen LogP contribution in [0.2, 0.25) is 0 Å². The van der Waals surface area contributed by atoms with Crippen molar-refractivity contribution >= 4 is 24.2 Å². The fourth-order valence-corrected chi connectivity index (χ4v) is 10.2. The van der Waals surface area contributed by atoms with E-state index >= 15 is 0 Å². The van der Waals surface area contributed by atoms with Gasteiger partial charge in [-0.05, 0) is 99.8 Å². The molecule has 2 N–H and O–H groups in total. The summed E-state index contributed by atoms with van der Waals surface area (Å²) < 4.78 is 63.0. The molecule has 0 aromatic carbocycles. The number of carbonyl (C=O) groups excluding carboxylic acids is 4. The molecule has 19 unspecified atom stereocenters. The maximum atomic E-state index is 13.6. The Morgan fingerprint density at radius 1 is 0.884 bits per heavy atom. The third-order valence-electron chi connectivity index (χ3n) is 13.7. The number of aldehydes is 1. The number of nitrogens with zero attached hydrogens (tertiary/aromatic N) is 2. The summed E-state index contributed by atoms with van der Waals surface area (Å²) in [5, 5.41) is 24.0. The first-order valence-corrected chi connectivity index (χ1v) is 25.0. The number of allylic oxidation sites excluding steroid dienone is 2. The predicted octanol–water partition coefficient (Wildman–Crippen LogP) is 4.88. The number of esters is 3. The largest absolute Gasteiger partial charge is 0.462 e. The van der Waals surface area contributed by atoms with Gasteiger partial charge in [-0.2, -0.15) is 0 Å². The van der Waals surface area contributed by atoms with Crippen LogP contribution >= 0.6 is 0 Å². The van der Waals surface area contributed by atoms with Crippen molar-refractivity contribution in [2.24, 2.45) is 17.8 Å². The van der Waals surface area contributed by atoms with Crippen molar-refractivity contribution in [1.82, 2.24) is 9.80 Å². The third-order valence-corrected chi connectivity index (χ3v) is 13.7. The van der Waals surface area contributed by atoms with Crippen molar-refractivity contribution in [2.75, 3.05) is 35.3 Å². The van der Waals surface area contributed by atoms with Crippen LogP contribution in [0.1, 0.15) is 120 Å². The van der Waals surface area contributed by atoms with Crippen LogP contribution in [-0.4, -0.2) is 183 Å². The summed E-state index contributed by atoms with van der Waals surface area (Å²) >= 11 is 0. The van der Waals surface area contributed by atoms with Gasteiger partial charge in [0.25, 0.3) is 0 Å². The maximum Gasteiger partial charge on any atom is 0.309 e. The Morgan fingerprint density at radius 3 is 2.17 bits per heavy atom. The van der Waals surface area contributed by atoms with Gasteiger partial charge in [0.15, 0.2) is 25.0 Å². The highest BCUT2D eigenvalue weighted by atomic mass is 16.7. The molecule has 0 saturated carbocycles. The van der Waals surface area contributed by atoms with Crippen LogP contribution in [-0.2, 0) is 66.5 Å². The molecule has 18 nitrogen and oxygen atoms in total. The Labute approximate surface area is 410 Å². The summed E-state index contributed by atoms with van der Waals surface area (Å²) in [6, 6.07) is -0.551. The average molecular weight is 983 g/mol. The van der Waals surface area contributed by atoms with E-state index in [2.05, 4.69) is 4.90 Å². The molecule has 0 amide bonds. The molecule has 0 bridgehead atoms. The van der Waals surface area contributed by atoms with E-state index < -0.39 is 115 Å². The minimum Gasteiger partial charge on any atom is -0.462 e. The normalized spacial score (nSPS) is 39.8. The first-order valence-electron chi connectivity index (χ1n) is 25.0. The highest BCUT2D eigenvalue weighted by Gasteiger charge is 2.53. The average Bonchev–Trinajstić information content (AvgIpc) is 3.24. The molecule has 4 rings (SSSR count). The number of cyclic esters (lactones) is 1. The molecule has 3 saturated heterocycles. The molecule has 0 aliphatic carbocycles. The monoisotopic (exact) mass is 983 g/mol. The molecule has 0 aromatic rings. The quantitative estimate of drug-likeness (QED) is 0.120. The van der Waals surface area contributed by atoms with Crippen molar-refractivity contribution in [3.8, 4) is 0 Å². The molecular weight excluding hydrogens is 897 g/mol. The van der Waals surface area contributed by atoms with E-state index in [0.717, 1.165) is 12.7 Å². The number of carbonyl (C=O) groups is 4. The summed E-state index contributed by atoms with van der Waals surface area (Å²) in [5.41, 5.74) is -1.51. The van der Waals surface area contributed by atoms with E-state index in [1.54, 1.807) is 53.6 Å². The molecule has 18 heteroatoms. The van der Waals surface area contributed by atoms with Gasteiger partial charge in [0, 0.05) is 45.3 Å². The number of aliphatic hydroxyl groups excluding tert-OH is 1. The Bertz CT molecular complexity index is 1680. The van der Waals surface area contributed by atoms with Gasteiger partial charge in [-0.1, -0.05) is 52.0 Å². The van der Waals surface area contributed by atoms with Gasteiger partial charge < -0.3 is 72.2 Å². The SMILES string of the molecule is CCC(=O)OC1CC(=O)OC(C)CC=CC=CC(OC2CCC(N(C)C)C(C)O2)C(C)CC(CC=O)C(OC2OC(C)C(OC3CC(C)(O)C(OC(=O)CC(C)C)C(C)O3)C(N(C)C)C2O)C1OC. The summed E-state index contributed by atoms with van der Waals surface area (Å²) in [6.07, 6.45) is -1.73. The van der Waals surface area contributed by atoms with E-state index in [0.29, 0.717) is 19.3 Å². The number of hydrogen-bond donors (Lipinski definition) is 2. The number of methoxy groups -OCH3 is 1. The Hall–Kier alpha value is -2.88. The molecule has 19 atom stereocenters. The Balaban J connectivity index is 1.71. The van der Waals surface area contributed by atoms with E-state index in [-0.39, 0.29) is 56.1 Å². The molecule has 0 aromatic heterocycles. The van der Waals surface area contributed by atoms with Gasteiger partial charge in [-0.15, -0.1) is 0 Å². The van der Waals surface area contributed by atoms with E-state index in [1.165, 1.54) is 7.11 Å². The highest BCUT2D eigenvalue weighted by molar-refractivity contribution is 5.72. The number of likely N-dealkylation sites (N-methyl/N-ethyl adjacent to an activating group) is 2. The zero-order valence-corrected chi connectivity index (χ0v) is 43.7. The van der Waals surface area contributed by atoms with Gasteiger partial charge in [0.05, 0.1) is 43.0 Å².